The molecule has 22 heavy (non-hydrogen) atoms. The molecule has 0 aliphatic heterocycles. The van der Waals surface area contributed by atoms with Crippen LogP contribution in [0.1, 0.15) is 21.0 Å². The zero-order valence-corrected chi connectivity index (χ0v) is 16.6. The molecule has 0 aliphatic carbocycles. The number of carbonyl (C=O) groups excluding carboxylic acids is 1. The Hall–Kier alpha value is -1.29. The zero-order chi connectivity index (χ0) is 16.2. The first-order valence-corrected chi connectivity index (χ1v) is 17.8. The van der Waals surface area contributed by atoms with E-state index in [0.29, 0.717) is 0 Å². The summed E-state index contributed by atoms with van der Waals surface area (Å²) in [4.78, 5) is 19.7. The van der Waals surface area contributed by atoms with Gasteiger partial charge < -0.3 is 0 Å². The molecular formula is C19H24O2Sn. The van der Waals surface area contributed by atoms with E-state index in [1.54, 1.807) is 0 Å². The number of ether oxygens (including phenoxy) is 1. The van der Waals surface area contributed by atoms with Crippen molar-refractivity contribution in [2.45, 2.75) is 24.7 Å². The van der Waals surface area contributed by atoms with E-state index in [9.17, 15) is 4.79 Å². The topological polar surface area (TPSA) is 26.3 Å². The van der Waals surface area contributed by atoms with E-state index < -0.39 is 18.4 Å². The molecule has 0 N–H and O–H groups in total. The summed E-state index contributed by atoms with van der Waals surface area (Å²) in [6.45, 7) is 0. The third-order valence-corrected chi connectivity index (χ3v) is 11.3. The molecule has 0 saturated heterocycles. The Bertz CT molecular complexity index is 602. The summed E-state index contributed by atoms with van der Waals surface area (Å²) < 4.78 is 5.41. The van der Waals surface area contributed by atoms with Gasteiger partial charge >= 0.3 is 137 Å². The molecule has 0 saturated carbocycles. The fraction of sp³-hybridized carbons (Fsp3) is 0.316. The second-order valence-electron chi connectivity index (χ2n) is 6.67. The van der Waals surface area contributed by atoms with Crippen molar-refractivity contribution in [3.05, 3.63) is 71.8 Å². The second-order valence-corrected chi connectivity index (χ2v) is 21.9. The molecular weight excluding hydrogens is 379 g/mol. The summed E-state index contributed by atoms with van der Waals surface area (Å²) in [5.74, 6) is -0.351. The molecule has 0 spiro atoms. The van der Waals surface area contributed by atoms with Gasteiger partial charge in [-0.25, -0.2) is 0 Å². The summed E-state index contributed by atoms with van der Waals surface area (Å²) in [6.07, 6.45) is 0. The van der Waals surface area contributed by atoms with Gasteiger partial charge in [-0.1, -0.05) is 0 Å². The van der Waals surface area contributed by atoms with Crippen LogP contribution in [0.5, 0.6) is 0 Å². The van der Waals surface area contributed by atoms with E-state index in [1.165, 1.54) is 12.7 Å². The van der Waals surface area contributed by atoms with Gasteiger partial charge in [0, 0.05) is 0 Å². The van der Waals surface area contributed by atoms with Crippen molar-refractivity contribution in [3.63, 3.8) is 0 Å². The van der Waals surface area contributed by atoms with Crippen LogP contribution in [-0.2, 0) is 9.53 Å². The van der Waals surface area contributed by atoms with Crippen molar-refractivity contribution in [1.29, 1.82) is 0 Å². The maximum atomic E-state index is 12.6. The molecule has 3 heteroatoms. The third kappa shape index (κ3) is 3.92. The molecule has 2 rings (SSSR count). The Morgan fingerprint density at radius 1 is 0.864 bits per heavy atom. The first kappa shape index (κ1) is 17.1. The van der Waals surface area contributed by atoms with Gasteiger partial charge in [-0.05, 0) is 0 Å². The Balaban J connectivity index is 2.57. The molecule has 0 unspecified atom stereocenters. The predicted octanol–water partition coefficient (Wildman–Crippen LogP) is 4.60. The average Bonchev–Trinajstić information content (AvgIpc) is 2.52. The fourth-order valence-corrected chi connectivity index (χ4v) is 10.3. The van der Waals surface area contributed by atoms with Crippen LogP contribution in [0, 0.1) is 0 Å². The number of carbonyl (C=O) groups is 1. The summed E-state index contributed by atoms with van der Waals surface area (Å²) in [7, 11) is 1.48. The molecule has 0 bridgehead atoms. The second kappa shape index (κ2) is 7.32. The van der Waals surface area contributed by atoms with Crippen LogP contribution in [-0.4, -0.2) is 31.5 Å². The van der Waals surface area contributed by atoms with E-state index in [1.807, 2.05) is 36.4 Å². The van der Waals surface area contributed by atoms with Crippen molar-refractivity contribution in [2.75, 3.05) is 7.11 Å². The van der Waals surface area contributed by atoms with Crippen LogP contribution < -0.4 is 0 Å². The van der Waals surface area contributed by atoms with Crippen LogP contribution in [0.2, 0.25) is 14.8 Å². The van der Waals surface area contributed by atoms with Crippen molar-refractivity contribution in [1.82, 2.24) is 0 Å². The first-order chi connectivity index (χ1) is 10.4. The molecule has 0 aliphatic rings. The van der Waals surface area contributed by atoms with Crippen molar-refractivity contribution in [3.8, 4) is 0 Å². The quantitative estimate of drug-likeness (QED) is 0.539. The Kier molecular flexibility index (Phi) is 5.68. The monoisotopic (exact) mass is 404 g/mol. The number of benzene rings is 2. The van der Waals surface area contributed by atoms with E-state index in [4.69, 9.17) is 4.74 Å². The standard InChI is InChI=1S/C16H15O2.3CH3.Sn/c1-18-16(17)15(14-10-6-3-7-11-14)12-13-8-4-2-5-9-13;;;;/h2-12,15H,1H3;3*1H3;/t15-;;;;/m0..../s1. The van der Waals surface area contributed by atoms with Crippen LogP contribution in [0.3, 0.4) is 0 Å². The summed E-state index contributed by atoms with van der Waals surface area (Å²) >= 11 is -2.46. The van der Waals surface area contributed by atoms with Crippen molar-refractivity contribution >= 4 is 24.3 Å². The van der Waals surface area contributed by atoms with Gasteiger partial charge in [0.2, 0.25) is 0 Å². The fourth-order valence-electron chi connectivity index (χ4n) is 3.10. The number of rotatable bonds is 5. The maximum absolute atomic E-state index is 12.6. The molecule has 116 valence electrons. The Labute approximate surface area is 137 Å². The van der Waals surface area contributed by atoms with Crippen LogP contribution in [0.15, 0.2) is 60.7 Å². The van der Waals surface area contributed by atoms with E-state index in [2.05, 4.69) is 39.1 Å². The predicted molar refractivity (Wildman–Crippen MR) is 93.7 cm³/mol. The van der Waals surface area contributed by atoms with Gasteiger partial charge in [0.15, 0.2) is 0 Å². The number of hydrogen-bond donors (Lipinski definition) is 0. The summed E-state index contributed by atoms with van der Waals surface area (Å²) in [5, 5.41) is 0. The third-order valence-electron chi connectivity index (χ3n) is 4.04. The number of esters is 1. The molecule has 0 radical (unpaired) electrons. The molecule has 2 atom stereocenters. The minimum atomic E-state index is -2.46. The van der Waals surface area contributed by atoms with Crippen LogP contribution in [0.4, 0.5) is 0 Å². The molecule has 0 fully saturated rings. The molecule has 2 aromatic carbocycles. The normalized spacial score (nSPS) is 14.2. The van der Waals surface area contributed by atoms with Gasteiger partial charge in [-0.15, -0.1) is 0 Å². The van der Waals surface area contributed by atoms with Gasteiger partial charge in [0.1, 0.15) is 0 Å². The average molecular weight is 403 g/mol. The van der Waals surface area contributed by atoms with Crippen molar-refractivity contribution < 1.29 is 9.53 Å². The summed E-state index contributed by atoms with van der Waals surface area (Å²) in [5.41, 5.74) is 2.31. The Morgan fingerprint density at radius 2 is 1.32 bits per heavy atom. The van der Waals surface area contributed by atoms with Crippen LogP contribution >= 0.6 is 0 Å². The van der Waals surface area contributed by atoms with E-state index >= 15 is 0 Å². The van der Waals surface area contributed by atoms with Gasteiger partial charge in [-0.3, -0.25) is 0 Å². The van der Waals surface area contributed by atoms with Crippen molar-refractivity contribution in [2.24, 2.45) is 0 Å². The van der Waals surface area contributed by atoms with Gasteiger partial charge in [0.25, 0.3) is 0 Å². The van der Waals surface area contributed by atoms with Gasteiger partial charge in [-0.2, -0.15) is 0 Å². The molecule has 2 aromatic rings. The summed E-state index contributed by atoms with van der Waals surface area (Å²) in [6, 6.07) is 20.5. The van der Waals surface area contributed by atoms with E-state index in [0.717, 1.165) is 5.56 Å². The van der Waals surface area contributed by atoms with Gasteiger partial charge in [0.05, 0.1) is 0 Å². The number of methoxy groups -OCH3 is 1. The Morgan fingerprint density at radius 3 is 1.73 bits per heavy atom. The molecule has 0 heterocycles. The zero-order valence-electron chi connectivity index (χ0n) is 13.7. The molecule has 2 nitrogen and oxygen atoms in total. The minimum absolute atomic E-state index is 0.133. The molecule has 0 aromatic heterocycles. The number of hydrogen-bond acceptors (Lipinski definition) is 2. The van der Waals surface area contributed by atoms with E-state index in [-0.39, 0.29) is 15.8 Å². The van der Waals surface area contributed by atoms with Crippen LogP contribution in [0.25, 0.3) is 0 Å². The SMILES string of the molecule is COC(=O)[C@H](c1ccccc1)[C@H](c1ccccc1)[Sn]([CH3])([CH3])[CH3]. The molecule has 0 amide bonds. The first-order valence-electron chi connectivity index (χ1n) is 7.63.